The minimum Gasteiger partial charge on any atom is -0.465 e. The van der Waals surface area contributed by atoms with Crippen molar-refractivity contribution in [3.63, 3.8) is 0 Å². The number of rotatable bonds is 4. The molecule has 22 heavy (non-hydrogen) atoms. The first-order valence-electron chi connectivity index (χ1n) is 6.28. The van der Waals surface area contributed by atoms with Crippen molar-refractivity contribution in [1.82, 2.24) is 4.90 Å². The summed E-state index contributed by atoms with van der Waals surface area (Å²) in [6.07, 6.45) is 1.49. The van der Waals surface area contributed by atoms with Crippen molar-refractivity contribution in [3.8, 4) is 0 Å². The molecule has 5 nitrogen and oxygen atoms in total. The Labute approximate surface area is 141 Å². The van der Waals surface area contributed by atoms with Gasteiger partial charge in [-0.15, -0.1) is 0 Å². The number of amides is 2. The fraction of sp³-hybridized carbons (Fsp3) is 0.214. The van der Waals surface area contributed by atoms with Gasteiger partial charge in [0.05, 0.1) is 11.5 Å². The van der Waals surface area contributed by atoms with Gasteiger partial charge >= 0.3 is 5.97 Å². The predicted octanol–water partition coefficient (Wildman–Crippen LogP) is 3.59. The van der Waals surface area contributed by atoms with E-state index in [2.05, 4.69) is 0 Å². The van der Waals surface area contributed by atoms with Gasteiger partial charge in [0.1, 0.15) is 6.54 Å². The van der Waals surface area contributed by atoms with Crippen LogP contribution in [0.1, 0.15) is 12.5 Å². The Morgan fingerprint density at radius 2 is 2.09 bits per heavy atom. The van der Waals surface area contributed by atoms with Gasteiger partial charge in [0.25, 0.3) is 11.1 Å². The average Bonchev–Trinajstić information content (AvgIpc) is 2.70. The molecule has 0 unspecified atom stereocenters. The summed E-state index contributed by atoms with van der Waals surface area (Å²) in [5.41, 5.74) is 0.563. The van der Waals surface area contributed by atoms with E-state index in [1.807, 2.05) is 0 Å². The summed E-state index contributed by atoms with van der Waals surface area (Å²) in [6.45, 7) is 1.43. The normalized spacial score (nSPS) is 16.5. The fourth-order valence-corrected chi connectivity index (χ4v) is 3.02. The average molecular weight is 360 g/mol. The van der Waals surface area contributed by atoms with Crippen molar-refractivity contribution < 1.29 is 19.1 Å². The van der Waals surface area contributed by atoms with Crippen LogP contribution in [0.25, 0.3) is 6.08 Å². The predicted molar refractivity (Wildman–Crippen MR) is 85.8 cm³/mol. The molecule has 1 saturated heterocycles. The van der Waals surface area contributed by atoms with E-state index in [-0.39, 0.29) is 11.5 Å². The molecule has 116 valence electrons. The lowest BCUT2D eigenvalue weighted by Gasteiger charge is -2.10. The second-order valence-electron chi connectivity index (χ2n) is 4.24. The van der Waals surface area contributed by atoms with Gasteiger partial charge in [-0.3, -0.25) is 19.3 Å². The third kappa shape index (κ3) is 3.82. The standard InChI is InChI=1S/C14H11Cl2NO4S/c1-2-21-12(18)7-17-13(19)11(22-14(17)20)5-8-3-4-9(15)6-10(8)16/h3-6H,2,7H2,1H3. The maximum absolute atomic E-state index is 12.2. The van der Waals surface area contributed by atoms with Crippen LogP contribution >= 0.6 is 35.0 Å². The third-order valence-corrected chi connectivity index (χ3v) is 4.19. The van der Waals surface area contributed by atoms with Crippen LogP contribution < -0.4 is 0 Å². The van der Waals surface area contributed by atoms with Crippen LogP contribution in [0.15, 0.2) is 23.1 Å². The van der Waals surface area contributed by atoms with Crippen molar-refractivity contribution in [2.45, 2.75) is 6.92 Å². The molecule has 0 radical (unpaired) electrons. The first-order chi connectivity index (χ1) is 10.4. The molecule has 1 aromatic carbocycles. The molecule has 1 aromatic rings. The lowest BCUT2D eigenvalue weighted by atomic mass is 10.2. The van der Waals surface area contributed by atoms with Crippen LogP contribution in [0.5, 0.6) is 0 Å². The number of imide groups is 1. The molecule has 1 aliphatic rings. The Morgan fingerprint density at radius 1 is 1.36 bits per heavy atom. The van der Waals surface area contributed by atoms with Crippen molar-refractivity contribution in [3.05, 3.63) is 38.7 Å². The minimum atomic E-state index is -0.629. The quantitative estimate of drug-likeness (QED) is 0.607. The first kappa shape index (κ1) is 16.9. The van der Waals surface area contributed by atoms with E-state index in [4.69, 9.17) is 27.9 Å². The number of carbonyl (C=O) groups excluding carboxylic acids is 3. The molecule has 0 aromatic heterocycles. The number of halogens is 2. The zero-order chi connectivity index (χ0) is 16.3. The van der Waals surface area contributed by atoms with Crippen LogP contribution in [-0.4, -0.2) is 35.2 Å². The molecule has 1 fully saturated rings. The number of benzene rings is 1. The molecule has 2 amide bonds. The van der Waals surface area contributed by atoms with E-state index < -0.39 is 23.7 Å². The second kappa shape index (κ2) is 7.17. The van der Waals surface area contributed by atoms with Crippen LogP contribution in [0.3, 0.4) is 0 Å². The smallest absolute Gasteiger partial charge is 0.326 e. The summed E-state index contributed by atoms with van der Waals surface area (Å²) in [6, 6.07) is 4.81. The van der Waals surface area contributed by atoms with Crippen LogP contribution in [0.2, 0.25) is 10.0 Å². The molecule has 0 N–H and O–H groups in total. The molecule has 0 atom stereocenters. The van der Waals surface area contributed by atoms with E-state index >= 15 is 0 Å². The maximum Gasteiger partial charge on any atom is 0.326 e. The van der Waals surface area contributed by atoms with Crippen molar-refractivity contribution >= 4 is 58.2 Å². The Hall–Kier alpha value is -1.50. The summed E-state index contributed by atoms with van der Waals surface area (Å²) >= 11 is 12.6. The molecule has 8 heteroatoms. The van der Waals surface area contributed by atoms with Gasteiger partial charge in [0, 0.05) is 10.0 Å². The van der Waals surface area contributed by atoms with E-state index in [9.17, 15) is 14.4 Å². The number of hydrogen-bond acceptors (Lipinski definition) is 5. The third-order valence-electron chi connectivity index (χ3n) is 2.72. The minimum absolute atomic E-state index is 0.186. The summed E-state index contributed by atoms with van der Waals surface area (Å²) in [5, 5.41) is 0.316. The maximum atomic E-state index is 12.2. The zero-order valence-corrected chi connectivity index (χ0v) is 13.8. The molecule has 0 aliphatic carbocycles. The van der Waals surface area contributed by atoms with E-state index in [1.165, 1.54) is 12.1 Å². The van der Waals surface area contributed by atoms with Gasteiger partial charge in [-0.1, -0.05) is 29.3 Å². The number of ether oxygens (including phenoxy) is 1. The lowest BCUT2D eigenvalue weighted by Crippen LogP contribution is -2.34. The Balaban J connectivity index is 2.20. The van der Waals surface area contributed by atoms with E-state index in [0.29, 0.717) is 15.6 Å². The van der Waals surface area contributed by atoms with Crippen molar-refractivity contribution in [2.24, 2.45) is 0 Å². The largest absolute Gasteiger partial charge is 0.465 e. The number of esters is 1. The number of thioether (sulfide) groups is 1. The number of carbonyl (C=O) groups is 3. The summed E-state index contributed by atoms with van der Waals surface area (Å²) in [5.74, 6) is -1.18. The van der Waals surface area contributed by atoms with Crippen molar-refractivity contribution in [2.75, 3.05) is 13.2 Å². The highest BCUT2D eigenvalue weighted by molar-refractivity contribution is 8.18. The van der Waals surface area contributed by atoms with Crippen molar-refractivity contribution in [1.29, 1.82) is 0 Å². The Morgan fingerprint density at radius 3 is 2.73 bits per heavy atom. The van der Waals surface area contributed by atoms with Gasteiger partial charge in [-0.2, -0.15) is 0 Å². The van der Waals surface area contributed by atoms with Crippen LogP contribution in [0.4, 0.5) is 4.79 Å². The molecule has 0 spiro atoms. The van der Waals surface area contributed by atoms with Crippen LogP contribution in [0, 0.1) is 0 Å². The Kier molecular flexibility index (Phi) is 5.50. The van der Waals surface area contributed by atoms with Gasteiger partial charge in [-0.05, 0) is 42.5 Å². The highest BCUT2D eigenvalue weighted by Crippen LogP contribution is 2.33. The molecule has 0 saturated carbocycles. The fourth-order valence-electron chi connectivity index (χ4n) is 1.73. The van der Waals surface area contributed by atoms with Gasteiger partial charge in [0.2, 0.25) is 0 Å². The summed E-state index contributed by atoms with van der Waals surface area (Å²) in [7, 11) is 0. The van der Waals surface area contributed by atoms with E-state index in [0.717, 1.165) is 16.7 Å². The highest BCUT2D eigenvalue weighted by atomic mass is 35.5. The first-order valence-corrected chi connectivity index (χ1v) is 7.85. The van der Waals surface area contributed by atoms with Crippen LogP contribution in [-0.2, 0) is 14.3 Å². The molecule has 1 aliphatic heterocycles. The van der Waals surface area contributed by atoms with Gasteiger partial charge in [-0.25, -0.2) is 0 Å². The SMILES string of the molecule is CCOC(=O)CN1C(=O)SC(=Cc2ccc(Cl)cc2Cl)C1=O. The number of nitrogens with zero attached hydrogens (tertiary/aromatic N) is 1. The molecule has 1 heterocycles. The number of hydrogen-bond donors (Lipinski definition) is 0. The van der Waals surface area contributed by atoms with Gasteiger partial charge < -0.3 is 4.74 Å². The Bertz CT molecular complexity index is 675. The molecular weight excluding hydrogens is 349 g/mol. The molecule has 0 bridgehead atoms. The summed E-state index contributed by atoms with van der Waals surface area (Å²) in [4.78, 5) is 36.5. The topological polar surface area (TPSA) is 63.7 Å². The van der Waals surface area contributed by atoms with E-state index in [1.54, 1.807) is 19.1 Å². The monoisotopic (exact) mass is 359 g/mol. The summed E-state index contributed by atoms with van der Waals surface area (Å²) < 4.78 is 4.74. The highest BCUT2D eigenvalue weighted by Gasteiger charge is 2.36. The molecular formula is C14H11Cl2NO4S. The van der Waals surface area contributed by atoms with Gasteiger partial charge in [0.15, 0.2) is 0 Å². The second-order valence-corrected chi connectivity index (χ2v) is 6.08. The molecule has 2 rings (SSSR count). The lowest BCUT2D eigenvalue weighted by molar-refractivity contribution is -0.145. The zero-order valence-electron chi connectivity index (χ0n) is 11.5.